The number of nitrogens with zero attached hydrogens (tertiary/aromatic N) is 2. The molecular formula is C11H19N3O2S. The number of hydrogen-bond donors (Lipinski definition) is 1. The molecule has 1 atom stereocenters. The van der Waals surface area contributed by atoms with Crippen molar-refractivity contribution in [2.75, 3.05) is 25.4 Å². The molecule has 6 heteroatoms. The van der Waals surface area contributed by atoms with Crippen molar-refractivity contribution in [3.63, 3.8) is 0 Å². The fraction of sp³-hybridized carbons (Fsp3) is 0.909. The second kappa shape index (κ2) is 5.34. The van der Waals surface area contributed by atoms with E-state index in [1.807, 2.05) is 0 Å². The molecule has 0 spiro atoms. The van der Waals surface area contributed by atoms with Gasteiger partial charge in [-0.15, -0.1) is 0 Å². The number of rotatable bonds is 6. The molecule has 1 N–H and O–H groups in total. The number of sulfonamides is 1. The lowest BCUT2D eigenvalue weighted by molar-refractivity contribution is 0.359. The first kappa shape index (κ1) is 12.8. The lowest BCUT2D eigenvalue weighted by Crippen LogP contribution is -2.42. The van der Waals surface area contributed by atoms with E-state index in [0.717, 1.165) is 32.2 Å². The summed E-state index contributed by atoms with van der Waals surface area (Å²) in [6.45, 7) is 2.10. The molecule has 1 aliphatic carbocycles. The van der Waals surface area contributed by atoms with Crippen molar-refractivity contribution in [2.45, 2.75) is 31.7 Å². The highest BCUT2D eigenvalue weighted by atomic mass is 32.2. The van der Waals surface area contributed by atoms with E-state index in [0.29, 0.717) is 19.0 Å². The molecule has 0 radical (unpaired) electrons. The van der Waals surface area contributed by atoms with Crippen molar-refractivity contribution in [2.24, 2.45) is 5.92 Å². The van der Waals surface area contributed by atoms with Gasteiger partial charge in [0.05, 0.1) is 6.07 Å². The summed E-state index contributed by atoms with van der Waals surface area (Å²) in [6.07, 6.45) is 4.39. The summed E-state index contributed by atoms with van der Waals surface area (Å²) in [4.78, 5) is 0. The van der Waals surface area contributed by atoms with Gasteiger partial charge in [0.25, 0.3) is 0 Å². The van der Waals surface area contributed by atoms with Crippen LogP contribution in [0.2, 0.25) is 0 Å². The Morgan fingerprint density at radius 2 is 2.06 bits per heavy atom. The van der Waals surface area contributed by atoms with E-state index in [9.17, 15) is 8.42 Å². The Kier molecular flexibility index (Phi) is 4.02. The maximum atomic E-state index is 12.0. The van der Waals surface area contributed by atoms with Crippen molar-refractivity contribution in [3.8, 4) is 6.07 Å². The van der Waals surface area contributed by atoms with E-state index < -0.39 is 15.8 Å². The minimum atomic E-state index is -3.38. The Morgan fingerprint density at radius 1 is 1.29 bits per heavy atom. The van der Waals surface area contributed by atoms with Crippen LogP contribution >= 0.6 is 0 Å². The van der Waals surface area contributed by atoms with Gasteiger partial charge < -0.3 is 5.32 Å². The van der Waals surface area contributed by atoms with Crippen molar-refractivity contribution in [1.82, 2.24) is 9.62 Å². The average Bonchev–Trinajstić information content (AvgIpc) is 2.92. The minimum absolute atomic E-state index is 0.266. The van der Waals surface area contributed by atoms with Crippen LogP contribution in [0, 0.1) is 17.2 Å². The fourth-order valence-electron chi connectivity index (χ4n) is 2.22. The summed E-state index contributed by atoms with van der Waals surface area (Å²) in [5.41, 5.74) is 0. The van der Waals surface area contributed by atoms with E-state index in [1.54, 1.807) is 6.07 Å². The molecule has 5 nitrogen and oxygen atoms in total. The second-order valence-corrected chi connectivity index (χ2v) is 6.94. The Bertz CT molecular complexity index is 391. The van der Waals surface area contributed by atoms with Crippen molar-refractivity contribution >= 4 is 10.0 Å². The van der Waals surface area contributed by atoms with E-state index in [2.05, 4.69) is 5.32 Å². The summed E-state index contributed by atoms with van der Waals surface area (Å²) in [5.74, 6) is 0.122. The maximum absolute atomic E-state index is 12.0. The monoisotopic (exact) mass is 257 g/mol. The van der Waals surface area contributed by atoms with Gasteiger partial charge in [0.2, 0.25) is 10.0 Å². The van der Waals surface area contributed by atoms with Gasteiger partial charge in [-0.05, 0) is 38.1 Å². The molecule has 2 fully saturated rings. The maximum Gasteiger partial charge on any atom is 0.227 e. The van der Waals surface area contributed by atoms with Gasteiger partial charge in [0.15, 0.2) is 5.75 Å². The molecule has 96 valence electrons. The van der Waals surface area contributed by atoms with E-state index in [-0.39, 0.29) is 6.04 Å². The molecule has 2 rings (SSSR count). The third-order valence-corrected chi connectivity index (χ3v) is 4.96. The molecule has 17 heavy (non-hydrogen) atoms. The first-order valence-corrected chi connectivity index (χ1v) is 7.81. The second-order valence-electron chi connectivity index (χ2n) is 4.97. The van der Waals surface area contributed by atoms with Gasteiger partial charge in [-0.3, -0.25) is 0 Å². The normalized spacial score (nSPS) is 25.1. The average molecular weight is 257 g/mol. The van der Waals surface area contributed by atoms with Gasteiger partial charge >= 0.3 is 0 Å². The molecule has 2 aliphatic rings. The topological polar surface area (TPSA) is 73.2 Å². The summed E-state index contributed by atoms with van der Waals surface area (Å²) >= 11 is 0. The molecule has 0 amide bonds. The molecule has 0 aromatic carbocycles. The van der Waals surface area contributed by atoms with Crippen molar-refractivity contribution in [3.05, 3.63) is 0 Å². The lowest BCUT2D eigenvalue weighted by atomic mass is 10.2. The summed E-state index contributed by atoms with van der Waals surface area (Å²) in [6, 6.07) is 2.02. The quantitative estimate of drug-likeness (QED) is 0.743. The first-order chi connectivity index (χ1) is 8.12. The van der Waals surface area contributed by atoms with Crippen LogP contribution in [0.5, 0.6) is 0 Å². The summed E-state index contributed by atoms with van der Waals surface area (Å²) in [5, 5.41) is 11.9. The standard InChI is InChI=1S/C11H19N3O2S/c12-5-7-17(15,16)14(8-10-3-4-10)9-11-2-1-6-13-11/h10-11,13H,1-4,6-9H2. The largest absolute Gasteiger partial charge is 0.313 e. The molecule has 1 heterocycles. The third-order valence-electron chi connectivity index (χ3n) is 3.39. The molecule has 1 saturated heterocycles. The van der Waals surface area contributed by atoms with Crippen LogP contribution in [-0.2, 0) is 10.0 Å². The third kappa shape index (κ3) is 3.66. The number of nitrogens with one attached hydrogen (secondary N) is 1. The molecule has 0 bridgehead atoms. The Balaban J connectivity index is 1.98. The first-order valence-electron chi connectivity index (χ1n) is 6.20. The van der Waals surface area contributed by atoms with E-state index >= 15 is 0 Å². The highest BCUT2D eigenvalue weighted by Gasteiger charge is 2.32. The predicted molar refractivity (Wildman–Crippen MR) is 64.7 cm³/mol. The van der Waals surface area contributed by atoms with E-state index in [1.165, 1.54) is 4.31 Å². The van der Waals surface area contributed by atoms with Crippen LogP contribution in [0.1, 0.15) is 25.7 Å². The molecule has 1 unspecified atom stereocenters. The van der Waals surface area contributed by atoms with Gasteiger partial charge in [-0.1, -0.05) is 0 Å². The molecule has 0 aromatic heterocycles. The van der Waals surface area contributed by atoms with Crippen molar-refractivity contribution < 1.29 is 8.42 Å². The molecular weight excluding hydrogens is 238 g/mol. The minimum Gasteiger partial charge on any atom is -0.313 e. The van der Waals surface area contributed by atoms with Crippen molar-refractivity contribution in [1.29, 1.82) is 5.26 Å². The van der Waals surface area contributed by atoms with Crippen LogP contribution in [0.3, 0.4) is 0 Å². The Hall–Kier alpha value is -0.640. The van der Waals surface area contributed by atoms with Crippen LogP contribution in [0.4, 0.5) is 0 Å². The van der Waals surface area contributed by atoms with Gasteiger partial charge in [-0.2, -0.15) is 9.57 Å². The predicted octanol–water partition coefficient (Wildman–Crippen LogP) is 0.304. The fourth-order valence-corrected chi connectivity index (χ4v) is 3.41. The highest BCUT2D eigenvalue weighted by Crippen LogP contribution is 2.30. The number of hydrogen-bond acceptors (Lipinski definition) is 4. The van der Waals surface area contributed by atoms with Crippen LogP contribution < -0.4 is 5.32 Å². The summed E-state index contributed by atoms with van der Waals surface area (Å²) < 4.78 is 25.4. The van der Waals surface area contributed by atoms with Crippen LogP contribution in [0.15, 0.2) is 0 Å². The Morgan fingerprint density at radius 3 is 2.59 bits per heavy atom. The molecule has 1 aliphatic heterocycles. The lowest BCUT2D eigenvalue weighted by Gasteiger charge is -2.24. The smallest absolute Gasteiger partial charge is 0.227 e. The van der Waals surface area contributed by atoms with Crippen LogP contribution in [0.25, 0.3) is 0 Å². The van der Waals surface area contributed by atoms with Gasteiger partial charge in [0.1, 0.15) is 0 Å². The summed E-state index contributed by atoms with van der Waals surface area (Å²) in [7, 11) is -3.38. The molecule has 0 aromatic rings. The van der Waals surface area contributed by atoms with E-state index in [4.69, 9.17) is 5.26 Å². The SMILES string of the molecule is N#CCS(=O)(=O)N(CC1CC1)CC1CCCN1. The zero-order chi connectivity index (χ0) is 12.3. The number of nitriles is 1. The van der Waals surface area contributed by atoms with Crippen LogP contribution in [-0.4, -0.2) is 44.2 Å². The zero-order valence-electron chi connectivity index (χ0n) is 9.93. The van der Waals surface area contributed by atoms with Gasteiger partial charge in [0, 0.05) is 19.1 Å². The van der Waals surface area contributed by atoms with Gasteiger partial charge in [-0.25, -0.2) is 8.42 Å². The Labute approximate surface area is 103 Å². The highest BCUT2D eigenvalue weighted by molar-refractivity contribution is 7.89. The zero-order valence-corrected chi connectivity index (χ0v) is 10.7. The molecule has 1 saturated carbocycles.